The van der Waals surface area contributed by atoms with E-state index in [1.54, 1.807) is 7.11 Å². The molecule has 1 aliphatic carbocycles. The largest absolute Gasteiger partial charge is 0.385 e. The van der Waals surface area contributed by atoms with Crippen LogP contribution in [0.4, 0.5) is 0 Å². The van der Waals surface area contributed by atoms with E-state index in [1.807, 2.05) is 0 Å². The lowest BCUT2D eigenvalue weighted by molar-refractivity contribution is 0.191. The van der Waals surface area contributed by atoms with E-state index in [1.165, 1.54) is 31.2 Å². The zero-order chi connectivity index (χ0) is 13.5. The third-order valence-corrected chi connectivity index (χ3v) is 3.85. The Hall–Kier alpha value is -0.800. The molecule has 1 heterocycles. The molecule has 0 amide bonds. The molecular weight excluding hydrogens is 236 g/mol. The highest BCUT2D eigenvalue weighted by atomic mass is 16.5. The normalized spacial score (nSPS) is 16.7. The predicted octanol–water partition coefficient (Wildman–Crippen LogP) is 3.37. The van der Waals surface area contributed by atoms with Crippen molar-refractivity contribution in [3.05, 3.63) is 24.0 Å². The Kier molecular flexibility index (Phi) is 5.93. The number of hydrogen-bond acceptors (Lipinski definition) is 2. The quantitative estimate of drug-likeness (QED) is 0.656. The van der Waals surface area contributed by atoms with Crippen molar-refractivity contribution in [1.82, 2.24) is 9.88 Å². The van der Waals surface area contributed by atoms with E-state index in [9.17, 15) is 0 Å². The van der Waals surface area contributed by atoms with Crippen molar-refractivity contribution < 1.29 is 4.74 Å². The molecule has 1 atom stereocenters. The molecular formula is C16H28N2O. The molecule has 0 aliphatic heterocycles. The second kappa shape index (κ2) is 7.71. The maximum atomic E-state index is 5.09. The van der Waals surface area contributed by atoms with Crippen LogP contribution >= 0.6 is 0 Å². The first-order valence-electron chi connectivity index (χ1n) is 7.73. The van der Waals surface area contributed by atoms with Gasteiger partial charge >= 0.3 is 0 Å². The molecule has 1 aliphatic rings. The number of aryl methyl sites for hydroxylation is 1. The molecule has 1 aromatic heterocycles. The van der Waals surface area contributed by atoms with Gasteiger partial charge in [0.05, 0.1) is 0 Å². The van der Waals surface area contributed by atoms with E-state index in [0.717, 1.165) is 32.0 Å². The highest BCUT2D eigenvalue weighted by Crippen LogP contribution is 2.41. The van der Waals surface area contributed by atoms with Crippen LogP contribution in [0.2, 0.25) is 0 Å². The van der Waals surface area contributed by atoms with E-state index in [-0.39, 0.29) is 0 Å². The van der Waals surface area contributed by atoms with Gasteiger partial charge in [-0.15, -0.1) is 0 Å². The average molecular weight is 264 g/mol. The summed E-state index contributed by atoms with van der Waals surface area (Å²) in [5, 5.41) is 3.70. The van der Waals surface area contributed by atoms with Crippen molar-refractivity contribution in [3.8, 4) is 0 Å². The maximum Gasteiger partial charge on any atom is 0.0462 e. The fourth-order valence-corrected chi connectivity index (χ4v) is 2.61. The molecule has 108 valence electrons. The summed E-state index contributed by atoms with van der Waals surface area (Å²) in [5.41, 5.74) is 1.47. The van der Waals surface area contributed by atoms with Crippen LogP contribution < -0.4 is 5.32 Å². The van der Waals surface area contributed by atoms with Gasteiger partial charge in [-0.05, 0) is 56.2 Å². The highest BCUT2D eigenvalue weighted by molar-refractivity contribution is 5.18. The van der Waals surface area contributed by atoms with Crippen LogP contribution in [0.1, 0.15) is 50.6 Å². The molecule has 19 heavy (non-hydrogen) atoms. The van der Waals surface area contributed by atoms with E-state index in [0.29, 0.717) is 6.04 Å². The first-order chi connectivity index (χ1) is 9.35. The van der Waals surface area contributed by atoms with Gasteiger partial charge < -0.3 is 14.6 Å². The van der Waals surface area contributed by atoms with Crippen molar-refractivity contribution in [2.75, 3.05) is 20.3 Å². The molecule has 0 bridgehead atoms. The Morgan fingerprint density at radius 2 is 2.26 bits per heavy atom. The fraction of sp³-hybridized carbons (Fsp3) is 0.750. The molecule has 2 rings (SSSR count). The first kappa shape index (κ1) is 14.6. The minimum atomic E-state index is 0.583. The number of hydrogen-bond donors (Lipinski definition) is 1. The third-order valence-electron chi connectivity index (χ3n) is 3.85. The number of nitrogens with one attached hydrogen (secondary N) is 1. The standard InChI is InChI=1S/C16H28N2O/c1-3-9-17-16(14-6-7-14)15-8-11-18(13-15)10-4-5-12-19-2/h8,11,13-14,16-17H,3-7,9-10,12H2,1-2H3. The summed E-state index contributed by atoms with van der Waals surface area (Å²) in [6.45, 7) is 5.34. The zero-order valence-electron chi connectivity index (χ0n) is 12.4. The van der Waals surface area contributed by atoms with Gasteiger partial charge in [-0.25, -0.2) is 0 Å². The molecule has 0 radical (unpaired) electrons. The van der Waals surface area contributed by atoms with Crippen LogP contribution in [0.3, 0.4) is 0 Å². The number of nitrogens with zero attached hydrogens (tertiary/aromatic N) is 1. The van der Waals surface area contributed by atoms with Crippen LogP contribution in [0.5, 0.6) is 0 Å². The molecule has 1 saturated carbocycles. The van der Waals surface area contributed by atoms with Crippen LogP contribution in [0, 0.1) is 5.92 Å². The second-order valence-corrected chi connectivity index (χ2v) is 5.65. The van der Waals surface area contributed by atoms with Crippen molar-refractivity contribution in [2.24, 2.45) is 5.92 Å². The van der Waals surface area contributed by atoms with E-state index < -0.39 is 0 Å². The number of unbranched alkanes of at least 4 members (excludes halogenated alkanes) is 1. The number of methoxy groups -OCH3 is 1. The van der Waals surface area contributed by atoms with Crippen molar-refractivity contribution in [3.63, 3.8) is 0 Å². The molecule has 3 heteroatoms. The summed E-state index contributed by atoms with van der Waals surface area (Å²) in [7, 11) is 1.77. The minimum absolute atomic E-state index is 0.583. The molecule has 1 unspecified atom stereocenters. The van der Waals surface area contributed by atoms with Gasteiger partial charge in [0, 0.05) is 38.7 Å². The second-order valence-electron chi connectivity index (χ2n) is 5.65. The van der Waals surface area contributed by atoms with Gasteiger partial charge in [0.1, 0.15) is 0 Å². The van der Waals surface area contributed by atoms with Crippen LogP contribution in [-0.2, 0) is 11.3 Å². The maximum absolute atomic E-state index is 5.09. The van der Waals surface area contributed by atoms with Gasteiger partial charge in [-0.3, -0.25) is 0 Å². The lowest BCUT2D eigenvalue weighted by Gasteiger charge is -2.16. The Labute approximate surface area is 117 Å². The fourth-order valence-electron chi connectivity index (χ4n) is 2.61. The van der Waals surface area contributed by atoms with Crippen LogP contribution in [0.15, 0.2) is 18.5 Å². The van der Waals surface area contributed by atoms with Crippen molar-refractivity contribution in [2.45, 2.75) is 51.6 Å². The number of ether oxygens (including phenoxy) is 1. The third kappa shape index (κ3) is 4.66. The monoisotopic (exact) mass is 264 g/mol. The van der Waals surface area contributed by atoms with Gasteiger partial charge in [0.15, 0.2) is 0 Å². The van der Waals surface area contributed by atoms with Crippen LogP contribution in [-0.4, -0.2) is 24.8 Å². The van der Waals surface area contributed by atoms with Crippen LogP contribution in [0.25, 0.3) is 0 Å². The molecule has 1 aromatic rings. The minimum Gasteiger partial charge on any atom is -0.385 e. The molecule has 0 saturated heterocycles. The summed E-state index contributed by atoms with van der Waals surface area (Å²) in [6, 6.07) is 2.88. The Morgan fingerprint density at radius 1 is 1.42 bits per heavy atom. The smallest absolute Gasteiger partial charge is 0.0462 e. The van der Waals surface area contributed by atoms with E-state index >= 15 is 0 Å². The Balaban J connectivity index is 1.83. The van der Waals surface area contributed by atoms with Crippen molar-refractivity contribution >= 4 is 0 Å². The molecule has 0 spiro atoms. The highest BCUT2D eigenvalue weighted by Gasteiger charge is 2.32. The van der Waals surface area contributed by atoms with Gasteiger partial charge in [0.25, 0.3) is 0 Å². The summed E-state index contributed by atoms with van der Waals surface area (Å²) in [5.74, 6) is 0.871. The van der Waals surface area contributed by atoms with E-state index in [4.69, 9.17) is 4.74 Å². The van der Waals surface area contributed by atoms with Gasteiger partial charge in [-0.1, -0.05) is 6.92 Å². The lowest BCUT2D eigenvalue weighted by atomic mass is 10.1. The van der Waals surface area contributed by atoms with Gasteiger partial charge in [-0.2, -0.15) is 0 Å². The zero-order valence-corrected chi connectivity index (χ0v) is 12.4. The number of aromatic nitrogens is 1. The van der Waals surface area contributed by atoms with E-state index in [2.05, 4.69) is 35.3 Å². The Bertz CT molecular complexity index is 357. The number of rotatable bonds is 10. The SMILES string of the molecule is CCCNC(c1ccn(CCCCOC)c1)C1CC1. The molecule has 1 N–H and O–H groups in total. The molecule has 0 aromatic carbocycles. The first-order valence-corrected chi connectivity index (χ1v) is 7.73. The average Bonchev–Trinajstić information content (AvgIpc) is 3.15. The molecule has 1 fully saturated rings. The predicted molar refractivity (Wildman–Crippen MR) is 79.3 cm³/mol. The lowest BCUT2D eigenvalue weighted by Crippen LogP contribution is -2.23. The summed E-state index contributed by atoms with van der Waals surface area (Å²) in [6.07, 6.45) is 10.9. The Morgan fingerprint density at radius 3 is 2.95 bits per heavy atom. The van der Waals surface area contributed by atoms with Crippen molar-refractivity contribution in [1.29, 1.82) is 0 Å². The van der Waals surface area contributed by atoms with Gasteiger partial charge in [0.2, 0.25) is 0 Å². The molecule has 3 nitrogen and oxygen atoms in total. The summed E-state index contributed by atoms with van der Waals surface area (Å²) < 4.78 is 7.42. The summed E-state index contributed by atoms with van der Waals surface area (Å²) in [4.78, 5) is 0. The summed E-state index contributed by atoms with van der Waals surface area (Å²) >= 11 is 0. The topological polar surface area (TPSA) is 26.2 Å².